The van der Waals surface area contributed by atoms with Gasteiger partial charge in [-0.1, -0.05) is 0 Å². The first-order chi connectivity index (χ1) is 10.7. The summed E-state index contributed by atoms with van der Waals surface area (Å²) in [5.74, 6) is -2.46. The van der Waals surface area contributed by atoms with Crippen LogP contribution in [0.5, 0.6) is 0 Å². The molecule has 1 aliphatic rings. The number of carbonyl (C=O) groups is 2. The Hall–Kier alpha value is -1.98. The van der Waals surface area contributed by atoms with E-state index in [9.17, 15) is 18.4 Å². The van der Waals surface area contributed by atoms with Gasteiger partial charge in [-0.05, 0) is 51.8 Å². The Kier molecular flexibility index (Phi) is 5.02. The number of nitrogens with one attached hydrogen (secondary N) is 1. The zero-order valence-electron chi connectivity index (χ0n) is 13.7. The minimum absolute atomic E-state index is 0.00238. The minimum Gasteiger partial charge on any atom is -0.351 e. The van der Waals surface area contributed by atoms with Gasteiger partial charge in [-0.25, -0.2) is 8.78 Å². The highest BCUT2D eigenvalue weighted by atomic mass is 19.2. The van der Waals surface area contributed by atoms with Gasteiger partial charge in [0, 0.05) is 30.1 Å². The van der Waals surface area contributed by atoms with Gasteiger partial charge in [0.1, 0.15) is 0 Å². The molecular formula is C17H22F2N2O2. The van der Waals surface area contributed by atoms with Gasteiger partial charge in [-0.2, -0.15) is 0 Å². The number of hydrogen-bond donors (Lipinski definition) is 1. The second kappa shape index (κ2) is 6.64. The van der Waals surface area contributed by atoms with Crippen LogP contribution in [0.25, 0.3) is 0 Å². The van der Waals surface area contributed by atoms with Gasteiger partial charge in [0.05, 0.1) is 0 Å². The third kappa shape index (κ3) is 4.50. The molecule has 0 bridgehead atoms. The molecule has 0 atom stereocenters. The molecule has 1 heterocycles. The van der Waals surface area contributed by atoms with E-state index in [0.717, 1.165) is 12.1 Å². The highest BCUT2D eigenvalue weighted by Gasteiger charge is 2.29. The second-order valence-corrected chi connectivity index (χ2v) is 6.93. The predicted molar refractivity (Wildman–Crippen MR) is 82.9 cm³/mol. The van der Waals surface area contributed by atoms with E-state index in [1.54, 1.807) is 4.90 Å². The summed E-state index contributed by atoms with van der Waals surface area (Å²) in [4.78, 5) is 26.0. The number of rotatable bonds is 2. The topological polar surface area (TPSA) is 49.4 Å². The molecule has 1 aromatic rings. The average molecular weight is 324 g/mol. The normalized spacial score (nSPS) is 16.3. The molecule has 1 aliphatic heterocycles. The second-order valence-electron chi connectivity index (χ2n) is 6.93. The van der Waals surface area contributed by atoms with Crippen molar-refractivity contribution in [1.82, 2.24) is 10.2 Å². The van der Waals surface area contributed by atoms with Crippen LogP contribution in [0.2, 0.25) is 0 Å². The molecule has 1 aromatic carbocycles. The lowest BCUT2D eigenvalue weighted by atomic mass is 9.94. The fraction of sp³-hybridized carbons (Fsp3) is 0.529. The molecule has 0 aliphatic carbocycles. The van der Waals surface area contributed by atoms with Crippen LogP contribution < -0.4 is 5.32 Å². The van der Waals surface area contributed by atoms with E-state index >= 15 is 0 Å². The number of halogens is 2. The SMILES string of the molecule is CC(C)(C)NC(=O)C1CCN(C(=O)c2ccc(F)c(F)c2)CC1. The third-order valence-electron chi connectivity index (χ3n) is 3.82. The van der Waals surface area contributed by atoms with Crippen LogP contribution in [-0.2, 0) is 4.79 Å². The maximum atomic E-state index is 13.2. The number of amides is 2. The Labute approximate surface area is 134 Å². The van der Waals surface area contributed by atoms with Crippen LogP contribution in [-0.4, -0.2) is 35.3 Å². The fourth-order valence-corrected chi connectivity index (χ4v) is 2.63. The van der Waals surface area contributed by atoms with E-state index in [0.29, 0.717) is 25.9 Å². The van der Waals surface area contributed by atoms with Gasteiger partial charge in [-0.15, -0.1) is 0 Å². The van der Waals surface area contributed by atoms with Gasteiger partial charge in [0.25, 0.3) is 5.91 Å². The van der Waals surface area contributed by atoms with Gasteiger partial charge in [0.2, 0.25) is 5.91 Å². The lowest BCUT2D eigenvalue weighted by Gasteiger charge is -2.33. The van der Waals surface area contributed by atoms with Gasteiger partial charge < -0.3 is 10.2 Å². The van der Waals surface area contributed by atoms with Crippen LogP contribution in [0.15, 0.2) is 18.2 Å². The number of hydrogen-bond acceptors (Lipinski definition) is 2. The van der Waals surface area contributed by atoms with Crippen LogP contribution in [0.4, 0.5) is 8.78 Å². The van der Waals surface area contributed by atoms with Crippen molar-refractivity contribution in [2.24, 2.45) is 5.92 Å². The summed E-state index contributed by atoms with van der Waals surface area (Å²) in [6.45, 7) is 6.63. The van der Waals surface area contributed by atoms with Crippen molar-refractivity contribution in [1.29, 1.82) is 0 Å². The van der Waals surface area contributed by atoms with E-state index in [4.69, 9.17) is 0 Å². The largest absolute Gasteiger partial charge is 0.351 e. The number of likely N-dealkylation sites (tertiary alicyclic amines) is 1. The number of benzene rings is 1. The van der Waals surface area contributed by atoms with E-state index in [1.165, 1.54) is 6.07 Å². The van der Waals surface area contributed by atoms with Crippen molar-refractivity contribution in [3.8, 4) is 0 Å². The smallest absolute Gasteiger partial charge is 0.253 e. The van der Waals surface area contributed by atoms with E-state index in [1.807, 2.05) is 20.8 Å². The molecule has 126 valence electrons. The Bertz CT molecular complexity index is 603. The quantitative estimate of drug-likeness (QED) is 0.909. The predicted octanol–water partition coefficient (Wildman–Crippen LogP) is 2.73. The van der Waals surface area contributed by atoms with Crippen LogP contribution >= 0.6 is 0 Å². The number of carbonyl (C=O) groups excluding carboxylic acids is 2. The molecule has 1 fully saturated rings. The zero-order valence-corrected chi connectivity index (χ0v) is 13.7. The van der Waals surface area contributed by atoms with E-state index < -0.39 is 11.6 Å². The van der Waals surface area contributed by atoms with Crippen LogP contribution in [0.1, 0.15) is 44.0 Å². The zero-order chi connectivity index (χ0) is 17.2. The Morgan fingerprint density at radius 2 is 1.74 bits per heavy atom. The molecular weight excluding hydrogens is 302 g/mol. The number of nitrogens with zero attached hydrogens (tertiary/aromatic N) is 1. The summed E-state index contributed by atoms with van der Waals surface area (Å²) in [5, 5.41) is 2.94. The van der Waals surface area contributed by atoms with Crippen molar-refractivity contribution >= 4 is 11.8 Å². The van der Waals surface area contributed by atoms with Gasteiger partial charge in [-0.3, -0.25) is 9.59 Å². The number of piperidine rings is 1. The molecule has 0 saturated carbocycles. The fourth-order valence-electron chi connectivity index (χ4n) is 2.63. The third-order valence-corrected chi connectivity index (χ3v) is 3.82. The minimum atomic E-state index is -1.03. The van der Waals surface area contributed by atoms with Crippen LogP contribution in [0, 0.1) is 17.6 Å². The first-order valence-electron chi connectivity index (χ1n) is 7.74. The molecule has 0 radical (unpaired) electrons. The Morgan fingerprint density at radius 1 is 1.13 bits per heavy atom. The molecule has 1 saturated heterocycles. The van der Waals surface area contributed by atoms with Crippen molar-refractivity contribution in [3.05, 3.63) is 35.4 Å². The Morgan fingerprint density at radius 3 is 2.26 bits per heavy atom. The molecule has 23 heavy (non-hydrogen) atoms. The van der Waals surface area contributed by atoms with E-state index in [-0.39, 0.29) is 28.8 Å². The standard InChI is InChI=1S/C17H22F2N2O2/c1-17(2,3)20-15(22)11-6-8-21(9-7-11)16(23)12-4-5-13(18)14(19)10-12/h4-5,10-11H,6-9H2,1-3H3,(H,20,22). The van der Waals surface area contributed by atoms with Crippen molar-refractivity contribution in [2.45, 2.75) is 39.2 Å². The Balaban J connectivity index is 1.94. The highest BCUT2D eigenvalue weighted by Crippen LogP contribution is 2.21. The molecule has 4 nitrogen and oxygen atoms in total. The summed E-state index contributed by atoms with van der Waals surface area (Å²) in [7, 11) is 0. The molecule has 0 unspecified atom stereocenters. The molecule has 6 heteroatoms. The first kappa shape index (κ1) is 17.4. The maximum absolute atomic E-state index is 13.2. The lowest BCUT2D eigenvalue weighted by molar-refractivity contribution is -0.127. The maximum Gasteiger partial charge on any atom is 0.253 e. The molecule has 2 rings (SSSR count). The van der Waals surface area contributed by atoms with Gasteiger partial charge in [0.15, 0.2) is 11.6 Å². The van der Waals surface area contributed by atoms with E-state index in [2.05, 4.69) is 5.32 Å². The lowest BCUT2D eigenvalue weighted by Crippen LogP contribution is -2.47. The monoisotopic (exact) mass is 324 g/mol. The summed E-state index contributed by atoms with van der Waals surface area (Å²) in [6, 6.07) is 3.14. The first-order valence-corrected chi connectivity index (χ1v) is 7.74. The summed E-state index contributed by atoms with van der Waals surface area (Å²) in [6.07, 6.45) is 1.13. The highest BCUT2D eigenvalue weighted by molar-refractivity contribution is 5.94. The van der Waals surface area contributed by atoms with Gasteiger partial charge >= 0.3 is 0 Å². The van der Waals surface area contributed by atoms with Crippen molar-refractivity contribution < 1.29 is 18.4 Å². The molecule has 0 spiro atoms. The molecule has 1 N–H and O–H groups in total. The average Bonchev–Trinajstić information content (AvgIpc) is 2.48. The summed E-state index contributed by atoms with van der Waals surface area (Å²) < 4.78 is 26.2. The summed E-state index contributed by atoms with van der Waals surface area (Å²) in [5.41, 5.74) is -0.156. The molecule has 2 amide bonds. The summed E-state index contributed by atoms with van der Waals surface area (Å²) >= 11 is 0. The van der Waals surface area contributed by atoms with Crippen LogP contribution in [0.3, 0.4) is 0 Å². The van der Waals surface area contributed by atoms with Crippen molar-refractivity contribution in [2.75, 3.05) is 13.1 Å². The van der Waals surface area contributed by atoms with Crippen molar-refractivity contribution in [3.63, 3.8) is 0 Å². The molecule has 0 aromatic heterocycles.